The fourth-order valence-corrected chi connectivity index (χ4v) is 1.90. The molecule has 1 aromatic heterocycles. The second kappa shape index (κ2) is 2.91. The van der Waals surface area contributed by atoms with Gasteiger partial charge in [0.2, 0.25) is 0 Å². The van der Waals surface area contributed by atoms with Gasteiger partial charge in [-0.3, -0.25) is 0 Å². The molecule has 0 atom stereocenters. The van der Waals surface area contributed by atoms with Crippen LogP contribution in [0.1, 0.15) is 9.88 Å². The highest BCUT2D eigenvalue weighted by Crippen LogP contribution is 2.38. The number of rotatable bonds is 1. The van der Waals surface area contributed by atoms with Gasteiger partial charge in [0, 0.05) is 6.20 Å². The van der Waals surface area contributed by atoms with Crippen LogP contribution in [-0.2, 0) is 16.5 Å². The Morgan fingerprint density at radius 1 is 1.50 bits per heavy atom. The van der Waals surface area contributed by atoms with Crippen LogP contribution in [-0.4, -0.2) is 23.3 Å². The zero-order valence-corrected chi connectivity index (χ0v) is 7.65. The summed E-state index contributed by atoms with van der Waals surface area (Å²) in [5, 5.41) is 8.70. The smallest absolute Gasteiger partial charge is 0.379 e. The second-order valence-electron chi connectivity index (χ2n) is 3.05. The Bertz CT molecular complexity index is 345. The number of thiazole rings is 1. The highest BCUT2D eigenvalue weighted by Gasteiger charge is 2.42. The average molecular weight is 225 g/mol. The summed E-state index contributed by atoms with van der Waals surface area (Å²) in [6, 6.07) is 0. The van der Waals surface area contributed by atoms with E-state index in [-0.39, 0.29) is 18.1 Å². The first-order valence-corrected chi connectivity index (χ1v) is 4.57. The van der Waals surface area contributed by atoms with E-state index in [1.54, 1.807) is 0 Å². The minimum Gasteiger partial charge on any atom is -0.379 e. The van der Waals surface area contributed by atoms with Crippen molar-refractivity contribution in [3.63, 3.8) is 0 Å². The lowest BCUT2D eigenvalue weighted by Gasteiger charge is -2.34. The van der Waals surface area contributed by atoms with Crippen molar-refractivity contribution in [2.75, 3.05) is 13.2 Å². The van der Waals surface area contributed by atoms with E-state index in [0.717, 1.165) is 6.20 Å². The van der Waals surface area contributed by atoms with E-state index in [2.05, 4.69) is 4.98 Å². The topological polar surface area (TPSA) is 42.4 Å². The largest absolute Gasteiger partial charge is 0.443 e. The van der Waals surface area contributed by atoms with Gasteiger partial charge < -0.3 is 9.84 Å². The normalized spacial score (nSPS) is 20.6. The zero-order chi connectivity index (χ0) is 10.4. The minimum absolute atomic E-state index is 0.0342. The number of aromatic nitrogens is 1. The first-order valence-electron chi connectivity index (χ1n) is 3.75. The van der Waals surface area contributed by atoms with E-state index in [1.807, 2.05) is 0 Å². The first kappa shape index (κ1) is 9.88. The number of halogens is 3. The second-order valence-corrected chi connectivity index (χ2v) is 4.08. The summed E-state index contributed by atoms with van der Waals surface area (Å²) in [5.41, 5.74) is -1.26. The molecular formula is C7H6F3NO2S. The molecule has 7 heteroatoms. The lowest BCUT2D eigenvalue weighted by Crippen LogP contribution is -2.45. The Morgan fingerprint density at radius 3 is 2.50 bits per heavy atom. The Morgan fingerprint density at radius 2 is 2.14 bits per heavy atom. The van der Waals surface area contributed by atoms with Crippen molar-refractivity contribution in [2.45, 2.75) is 11.8 Å². The fourth-order valence-electron chi connectivity index (χ4n) is 1.06. The van der Waals surface area contributed by atoms with Crippen molar-refractivity contribution in [1.29, 1.82) is 0 Å². The Kier molecular flexibility index (Phi) is 2.06. The van der Waals surface area contributed by atoms with Crippen LogP contribution >= 0.6 is 11.3 Å². The van der Waals surface area contributed by atoms with E-state index in [0.29, 0.717) is 11.3 Å². The van der Waals surface area contributed by atoms with Crippen LogP contribution in [0.15, 0.2) is 6.20 Å². The van der Waals surface area contributed by atoms with Gasteiger partial charge in [0.1, 0.15) is 5.60 Å². The van der Waals surface area contributed by atoms with E-state index in [1.165, 1.54) is 0 Å². The minimum atomic E-state index is -4.44. The summed E-state index contributed by atoms with van der Waals surface area (Å²) in [4.78, 5) is 3.42. The molecule has 1 fully saturated rings. The number of ether oxygens (including phenoxy) is 1. The van der Waals surface area contributed by atoms with Crippen molar-refractivity contribution in [3.05, 3.63) is 16.1 Å². The number of nitrogens with zero attached hydrogens (tertiary/aromatic N) is 1. The number of hydrogen-bond acceptors (Lipinski definition) is 4. The molecule has 2 heterocycles. The van der Waals surface area contributed by atoms with E-state index in [9.17, 15) is 18.3 Å². The van der Waals surface area contributed by atoms with Gasteiger partial charge in [0.25, 0.3) is 0 Å². The van der Waals surface area contributed by atoms with Gasteiger partial charge in [-0.05, 0) is 0 Å². The van der Waals surface area contributed by atoms with Gasteiger partial charge in [-0.15, -0.1) is 11.3 Å². The van der Waals surface area contributed by atoms with Crippen LogP contribution in [0.3, 0.4) is 0 Å². The first-order chi connectivity index (χ1) is 6.42. The Balaban J connectivity index is 2.26. The lowest BCUT2D eigenvalue weighted by molar-refractivity contribution is -0.182. The highest BCUT2D eigenvalue weighted by atomic mass is 32.1. The molecule has 3 nitrogen and oxygen atoms in total. The van der Waals surface area contributed by atoms with E-state index >= 15 is 0 Å². The predicted molar refractivity (Wildman–Crippen MR) is 41.8 cm³/mol. The Hall–Kier alpha value is -0.660. The van der Waals surface area contributed by atoms with Gasteiger partial charge >= 0.3 is 6.18 Å². The SMILES string of the molecule is OC1(c2cnc(C(F)(F)F)s2)COC1. The third-order valence-electron chi connectivity index (χ3n) is 1.89. The third-order valence-corrected chi connectivity index (χ3v) is 3.12. The van der Waals surface area contributed by atoms with Gasteiger partial charge in [-0.1, -0.05) is 0 Å². The summed E-state index contributed by atoms with van der Waals surface area (Å²) in [6.07, 6.45) is -3.39. The van der Waals surface area contributed by atoms with Crippen molar-refractivity contribution < 1.29 is 23.0 Å². The quantitative estimate of drug-likeness (QED) is 0.785. The summed E-state index contributed by atoms with van der Waals surface area (Å²) in [5.74, 6) is 0. The molecule has 0 amide bonds. The molecule has 2 rings (SSSR count). The highest BCUT2D eigenvalue weighted by molar-refractivity contribution is 7.11. The molecule has 1 N–H and O–H groups in total. The van der Waals surface area contributed by atoms with Crippen LogP contribution in [0, 0.1) is 0 Å². The van der Waals surface area contributed by atoms with Crippen molar-refractivity contribution in [2.24, 2.45) is 0 Å². The van der Waals surface area contributed by atoms with Gasteiger partial charge in [0.15, 0.2) is 5.01 Å². The molecule has 0 saturated carbocycles. The predicted octanol–water partition coefficient (Wildman–Crippen LogP) is 1.38. The van der Waals surface area contributed by atoms with Gasteiger partial charge in [-0.2, -0.15) is 13.2 Å². The molecular weight excluding hydrogens is 219 g/mol. The monoisotopic (exact) mass is 225 g/mol. The van der Waals surface area contributed by atoms with Crippen molar-refractivity contribution >= 4 is 11.3 Å². The van der Waals surface area contributed by atoms with Crippen LogP contribution in [0.5, 0.6) is 0 Å². The summed E-state index contributed by atoms with van der Waals surface area (Å²) < 4.78 is 41.2. The maximum atomic E-state index is 12.1. The number of alkyl halides is 3. The molecule has 14 heavy (non-hydrogen) atoms. The van der Waals surface area contributed by atoms with Crippen LogP contribution in [0.2, 0.25) is 0 Å². The van der Waals surface area contributed by atoms with E-state index in [4.69, 9.17) is 4.74 Å². The zero-order valence-electron chi connectivity index (χ0n) is 6.84. The van der Waals surface area contributed by atoms with Crippen LogP contribution < -0.4 is 0 Å². The number of aliphatic hydroxyl groups is 1. The lowest BCUT2D eigenvalue weighted by atomic mass is 10.0. The van der Waals surface area contributed by atoms with Crippen LogP contribution in [0.4, 0.5) is 13.2 Å². The summed E-state index contributed by atoms with van der Waals surface area (Å²) in [6.45, 7) is 0.0684. The average Bonchev–Trinajstić information content (AvgIpc) is 2.46. The van der Waals surface area contributed by atoms with Gasteiger partial charge in [0.05, 0.1) is 18.1 Å². The molecule has 1 aliphatic heterocycles. The third kappa shape index (κ3) is 1.51. The maximum absolute atomic E-state index is 12.1. The Labute approximate surface area is 81.1 Å². The fraction of sp³-hybridized carbons (Fsp3) is 0.571. The molecule has 0 aromatic carbocycles. The molecule has 0 radical (unpaired) electrons. The molecule has 0 unspecified atom stereocenters. The maximum Gasteiger partial charge on any atom is 0.443 e. The van der Waals surface area contributed by atoms with Crippen molar-refractivity contribution in [3.8, 4) is 0 Å². The van der Waals surface area contributed by atoms with E-state index < -0.39 is 16.8 Å². The van der Waals surface area contributed by atoms with Gasteiger partial charge in [-0.25, -0.2) is 4.98 Å². The molecule has 0 spiro atoms. The molecule has 78 valence electrons. The molecule has 1 aromatic rings. The number of hydrogen-bond donors (Lipinski definition) is 1. The molecule has 1 aliphatic rings. The molecule has 0 aliphatic carbocycles. The molecule has 1 saturated heterocycles. The molecule has 0 bridgehead atoms. The standard InChI is InChI=1S/C7H6F3NO2S/c8-7(9,10)5-11-1-4(14-5)6(12)2-13-3-6/h1,12H,2-3H2. The van der Waals surface area contributed by atoms with Crippen molar-refractivity contribution in [1.82, 2.24) is 4.98 Å². The summed E-state index contributed by atoms with van der Waals surface area (Å²) >= 11 is 0.456. The summed E-state index contributed by atoms with van der Waals surface area (Å²) in [7, 11) is 0. The van der Waals surface area contributed by atoms with Crippen LogP contribution in [0.25, 0.3) is 0 Å².